The van der Waals surface area contributed by atoms with Crippen molar-refractivity contribution in [3.8, 4) is 0 Å². The van der Waals surface area contributed by atoms with Gasteiger partial charge in [0.15, 0.2) is 0 Å². The second-order valence-electron chi connectivity index (χ2n) is 3.89. The first kappa shape index (κ1) is 9.61. The zero-order chi connectivity index (χ0) is 9.80. The number of likely N-dealkylation sites (tertiary alicyclic amines) is 1. The molecule has 0 aliphatic carbocycles. The molecule has 0 aromatic carbocycles. The van der Waals surface area contributed by atoms with Gasteiger partial charge in [0.05, 0.1) is 6.54 Å². The largest absolute Gasteiger partial charge is 0.330 e. The summed E-state index contributed by atoms with van der Waals surface area (Å²) in [6.07, 6.45) is 3.98. The molecule has 1 aromatic rings. The lowest BCUT2D eigenvalue weighted by molar-refractivity contribution is 0.177. The van der Waals surface area contributed by atoms with E-state index in [1.807, 2.05) is 0 Å². The van der Waals surface area contributed by atoms with E-state index in [2.05, 4.69) is 20.1 Å². The van der Waals surface area contributed by atoms with Crippen molar-refractivity contribution in [3.63, 3.8) is 0 Å². The first-order valence-electron chi connectivity index (χ1n) is 5.15. The Labute approximate surface area is 83.7 Å². The maximum Gasteiger partial charge on any atom is 0.138 e. The fourth-order valence-electron chi connectivity index (χ4n) is 1.90. The highest BCUT2D eigenvalue weighted by molar-refractivity contribution is 4.82. The molecule has 0 atom stereocenters. The molecule has 1 fully saturated rings. The van der Waals surface area contributed by atoms with Gasteiger partial charge in [-0.3, -0.25) is 10.00 Å². The molecular formula is C9H17N5. The Kier molecular flexibility index (Phi) is 3.10. The van der Waals surface area contributed by atoms with Gasteiger partial charge in [-0.05, 0) is 38.4 Å². The van der Waals surface area contributed by atoms with Crippen LogP contribution >= 0.6 is 0 Å². The van der Waals surface area contributed by atoms with Crippen LogP contribution in [0.25, 0.3) is 0 Å². The maximum atomic E-state index is 5.64. The van der Waals surface area contributed by atoms with Crippen LogP contribution in [-0.4, -0.2) is 39.7 Å². The Bertz CT molecular complexity index is 250. The minimum Gasteiger partial charge on any atom is -0.330 e. The summed E-state index contributed by atoms with van der Waals surface area (Å²) in [4.78, 5) is 6.51. The van der Waals surface area contributed by atoms with Crippen LogP contribution in [0, 0.1) is 5.92 Å². The minimum atomic E-state index is 0.723. The van der Waals surface area contributed by atoms with Gasteiger partial charge in [0, 0.05) is 0 Å². The molecule has 0 amide bonds. The summed E-state index contributed by atoms with van der Waals surface area (Å²) < 4.78 is 0. The van der Waals surface area contributed by atoms with Crippen LogP contribution in [-0.2, 0) is 6.54 Å². The normalized spacial score (nSPS) is 20.1. The summed E-state index contributed by atoms with van der Waals surface area (Å²) in [5.74, 6) is 1.68. The molecule has 2 rings (SSSR count). The first-order valence-corrected chi connectivity index (χ1v) is 5.15. The van der Waals surface area contributed by atoms with Gasteiger partial charge in [0.1, 0.15) is 12.2 Å². The molecule has 5 heteroatoms. The summed E-state index contributed by atoms with van der Waals surface area (Å²) in [5.41, 5.74) is 5.64. The molecule has 0 spiro atoms. The third kappa shape index (κ3) is 2.30. The van der Waals surface area contributed by atoms with Crippen molar-refractivity contribution >= 4 is 0 Å². The zero-order valence-corrected chi connectivity index (χ0v) is 8.32. The molecule has 5 nitrogen and oxygen atoms in total. The maximum absolute atomic E-state index is 5.64. The van der Waals surface area contributed by atoms with Gasteiger partial charge in [-0.25, -0.2) is 4.98 Å². The van der Waals surface area contributed by atoms with Crippen molar-refractivity contribution in [1.29, 1.82) is 0 Å². The van der Waals surface area contributed by atoms with E-state index in [9.17, 15) is 0 Å². The van der Waals surface area contributed by atoms with Crippen molar-refractivity contribution in [2.45, 2.75) is 19.4 Å². The van der Waals surface area contributed by atoms with Gasteiger partial charge in [0.25, 0.3) is 0 Å². The summed E-state index contributed by atoms with van der Waals surface area (Å²) in [6.45, 7) is 3.97. The van der Waals surface area contributed by atoms with Gasteiger partial charge in [0.2, 0.25) is 0 Å². The minimum absolute atomic E-state index is 0.723. The quantitative estimate of drug-likeness (QED) is 0.711. The molecule has 1 aliphatic heterocycles. The van der Waals surface area contributed by atoms with Crippen molar-refractivity contribution in [2.24, 2.45) is 11.7 Å². The lowest BCUT2D eigenvalue weighted by Gasteiger charge is -2.30. The molecular weight excluding hydrogens is 178 g/mol. The fraction of sp³-hybridized carbons (Fsp3) is 0.778. The number of aromatic amines is 1. The molecule has 78 valence electrons. The Hall–Kier alpha value is -0.940. The van der Waals surface area contributed by atoms with Crippen molar-refractivity contribution in [1.82, 2.24) is 20.1 Å². The summed E-state index contributed by atoms with van der Waals surface area (Å²) in [5, 5.41) is 6.72. The van der Waals surface area contributed by atoms with E-state index in [0.29, 0.717) is 0 Å². The van der Waals surface area contributed by atoms with Gasteiger partial charge in [-0.2, -0.15) is 5.10 Å². The number of nitrogens with one attached hydrogen (secondary N) is 1. The van der Waals surface area contributed by atoms with Gasteiger partial charge in [-0.15, -0.1) is 0 Å². The SMILES string of the molecule is NCC1CCN(Cc2ncn[nH]2)CC1. The molecule has 1 saturated heterocycles. The monoisotopic (exact) mass is 195 g/mol. The van der Waals surface area contributed by atoms with Gasteiger partial charge in [-0.1, -0.05) is 0 Å². The second kappa shape index (κ2) is 4.52. The van der Waals surface area contributed by atoms with Crippen LogP contribution in [0.2, 0.25) is 0 Å². The Morgan fingerprint density at radius 2 is 2.29 bits per heavy atom. The Balaban J connectivity index is 1.79. The van der Waals surface area contributed by atoms with E-state index in [-0.39, 0.29) is 0 Å². The van der Waals surface area contributed by atoms with Crippen LogP contribution in [0.5, 0.6) is 0 Å². The van der Waals surface area contributed by atoms with Gasteiger partial charge < -0.3 is 5.73 Å². The topological polar surface area (TPSA) is 70.8 Å². The van der Waals surface area contributed by atoms with Crippen LogP contribution in [0.15, 0.2) is 6.33 Å². The number of nitrogens with zero attached hydrogens (tertiary/aromatic N) is 3. The molecule has 1 aromatic heterocycles. The predicted octanol–water partition coefficient (Wildman–Crippen LogP) is -0.0246. The molecule has 1 aliphatic rings. The highest BCUT2D eigenvalue weighted by Crippen LogP contribution is 2.16. The average molecular weight is 195 g/mol. The Morgan fingerprint density at radius 1 is 1.50 bits per heavy atom. The lowest BCUT2D eigenvalue weighted by Crippen LogP contribution is -2.35. The van der Waals surface area contributed by atoms with Crippen LogP contribution in [0.1, 0.15) is 18.7 Å². The summed E-state index contributed by atoms with van der Waals surface area (Å²) in [6, 6.07) is 0. The molecule has 0 radical (unpaired) electrons. The number of aromatic nitrogens is 3. The second-order valence-corrected chi connectivity index (χ2v) is 3.89. The fourth-order valence-corrected chi connectivity index (χ4v) is 1.90. The number of hydrogen-bond acceptors (Lipinski definition) is 4. The van der Waals surface area contributed by atoms with Crippen LogP contribution in [0.3, 0.4) is 0 Å². The van der Waals surface area contributed by atoms with E-state index < -0.39 is 0 Å². The molecule has 0 saturated carbocycles. The number of piperidine rings is 1. The highest BCUT2D eigenvalue weighted by atomic mass is 15.2. The summed E-state index contributed by atoms with van der Waals surface area (Å²) >= 11 is 0. The predicted molar refractivity (Wildman–Crippen MR) is 53.4 cm³/mol. The van der Waals surface area contributed by atoms with E-state index >= 15 is 0 Å². The standard InChI is InChI=1S/C9H17N5/c10-5-8-1-3-14(4-2-8)6-9-11-7-12-13-9/h7-8H,1-6,10H2,(H,11,12,13). The van der Waals surface area contributed by atoms with Crippen molar-refractivity contribution in [2.75, 3.05) is 19.6 Å². The number of rotatable bonds is 3. The smallest absolute Gasteiger partial charge is 0.138 e. The number of nitrogens with two attached hydrogens (primary N) is 1. The van der Waals surface area contributed by atoms with Crippen LogP contribution in [0.4, 0.5) is 0 Å². The van der Waals surface area contributed by atoms with E-state index in [0.717, 1.165) is 37.9 Å². The zero-order valence-electron chi connectivity index (χ0n) is 8.32. The molecule has 0 bridgehead atoms. The highest BCUT2D eigenvalue weighted by Gasteiger charge is 2.18. The molecule has 2 heterocycles. The molecule has 3 N–H and O–H groups in total. The Morgan fingerprint density at radius 3 is 2.86 bits per heavy atom. The number of H-pyrrole nitrogens is 1. The van der Waals surface area contributed by atoms with Crippen LogP contribution < -0.4 is 5.73 Å². The third-order valence-corrected chi connectivity index (χ3v) is 2.88. The third-order valence-electron chi connectivity index (χ3n) is 2.88. The first-order chi connectivity index (χ1) is 6.88. The number of hydrogen-bond donors (Lipinski definition) is 2. The van der Waals surface area contributed by atoms with Crippen molar-refractivity contribution in [3.05, 3.63) is 12.2 Å². The lowest BCUT2D eigenvalue weighted by atomic mass is 9.97. The van der Waals surface area contributed by atoms with Crippen molar-refractivity contribution < 1.29 is 0 Å². The van der Waals surface area contributed by atoms with E-state index in [1.54, 1.807) is 6.33 Å². The molecule has 0 unspecified atom stereocenters. The van der Waals surface area contributed by atoms with E-state index in [4.69, 9.17) is 5.73 Å². The molecule has 14 heavy (non-hydrogen) atoms. The average Bonchev–Trinajstić information content (AvgIpc) is 2.72. The summed E-state index contributed by atoms with van der Waals surface area (Å²) in [7, 11) is 0. The van der Waals surface area contributed by atoms with E-state index in [1.165, 1.54) is 12.8 Å². The van der Waals surface area contributed by atoms with Gasteiger partial charge >= 0.3 is 0 Å².